The summed E-state index contributed by atoms with van der Waals surface area (Å²) in [5.74, 6) is 0.777. The van der Waals surface area contributed by atoms with Crippen LogP contribution >= 0.6 is 0 Å². The highest BCUT2D eigenvalue weighted by atomic mass is 16.5. The molecule has 0 saturated heterocycles. The van der Waals surface area contributed by atoms with Crippen molar-refractivity contribution in [3.63, 3.8) is 0 Å². The first kappa shape index (κ1) is 12.4. The van der Waals surface area contributed by atoms with Crippen LogP contribution < -0.4 is 4.74 Å². The second-order valence-corrected chi connectivity index (χ2v) is 4.96. The Hall–Kier alpha value is -1.06. The average Bonchev–Trinajstić information content (AvgIpc) is 2.23. The summed E-state index contributed by atoms with van der Waals surface area (Å²) in [6.07, 6.45) is 1.44. The highest BCUT2D eigenvalue weighted by molar-refractivity contribution is 5.47. The van der Waals surface area contributed by atoms with E-state index in [4.69, 9.17) is 9.47 Å². The smallest absolute Gasteiger partial charge is 0.125 e. The molecule has 1 N–H and O–H groups in total. The fourth-order valence-corrected chi connectivity index (χ4v) is 2.75. The number of rotatable bonds is 3. The minimum absolute atomic E-state index is 0.158. The number of methoxy groups -OCH3 is 2. The molecule has 3 heteroatoms. The first-order chi connectivity index (χ1) is 8.00. The van der Waals surface area contributed by atoms with Gasteiger partial charge in [-0.15, -0.1) is 0 Å². The van der Waals surface area contributed by atoms with Crippen LogP contribution in [0.4, 0.5) is 0 Å². The molecule has 2 rings (SSSR count). The minimum Gasteiger partial charge on any atom is -0.496 e. The van der Waals surface area contributed by atoms with Crippen LogP contribution in [0.25, 0.3) is 0 Å². The van der Waals surface area contributed by atoms with Gasteiger partial charge in [0.15, 0.2) is 0 Å². The van der Waals surface area contributed by atoms with Crippen LogP contribution in [0.1, 0.15) is 29.5 Å². The van der Waals surface area contributed by atoms with E-state index in [1.165, 1.54) is 0 Å². The predicted octanol–water partition coefficient (Wildman–Crippen LogP) is 2.31. The molecule has 94 valence electrons. The summed E-state index contributed by atoms with van der Waals surface area (Å²) in [5.41, 5.74) is 2.36. The Morgan fingerprint density at radius 3 is 2.41 bits per heavy atom. The van der Waals surface area contributed by atoms with E-state index in [0.29, 0.717) is 12.8 Å². The van der Waals surface area contributed by atoms with Gasteiger partial charge in [-0.1, -0.05) is 6.07 Å². The average molecular weight is 236 g/mol. The summed E-state index contributed by atoms with van der Waals surface area (Å²) < 4.78 is 10.6. The normalized spacial score (nSPS) is 27.7. The third kappa shape index (κ3) is 2.05. The van der Waals surface area contributed by atoms with Crippen molar-refractivity contribution in [3.8, 4) is 5.75 Å². The van der Waals surface area contributed by atoms with Crippen molar-refractivity contribution in [2.75, 3.05) is 14.2 Å². The summed E-state index contributed by atoms with van der Waals surface area (Å²) >= 11 is 0. The summed E-state index contributed by atoms with van der Waals surface area (Å²) in [6, 6.07) is 4.05. The first-order valence-corrected chi connectivity index (χ1v) is 5.91. The quantitative estimate of drug-likeness (QED) is 0.875. The van der Waals surface area contributed by atoms with Crippen LogP contribution in [-0.2, 0) is 10.3 Å². The van der Waals surface area contributed by atoms with Crippen LogP contribution in [0.3, 0.4) is 0 Å². The lowest BCUT2D eigenvalue weighted by atomic mass is 9.71. The lowest BCUT2D eigenvalue weighted by Gasteiger charge is -2.44. The van der Waals surface area contributed by atoms with Gasteiger partial charge in [0.1, 0.15) is 5.75 Å². The van der Waals surface area contributed by atoms with Crippen LogP contribution in [0.2, 0.25) is 0 Å². The van der Waals surface area contributed by atoms with Gasteiger partial charge in [0.2, 0.25) is 0 Å². The predicted molar refractivity (Wildman–Crippen MR) is 66.4 cm³/mol. The third-order valence-corrected chi connectivity index (χ3v) is 3.59. The number of hydrogen-bond acceptors (Lipinski definition) is 3. The number of ether oxygens (including phenoxy) is 2. The zero-order valence-corrected chi connectivity index (χ0v) is 10.9. The van der Waals surface area contributed by atoms with Gasteiger partial charge in [-0.2, -0.15) is 0 Å². The molecule has 1 fully saturated rings. The van der Waals surface area contributed by atoms with Gasteiger partial charge >= 0.3 is 0 Å². The molecule has 0 atom stereocenters. The lowest BCUT2D eigenvalue weighted by Crippen LogP contribution is -2.46. The molecular formula is C14H20O3. The molecule has 0 bridgehead atoms. The molecule has 0 aromatic heterocycles. The number of hydrogen-bond donors (Lipinski definition) is 1. The maximum atomic E-state index is 10.6. The van der Waals surface area contributed by atoms with Gasteiger partial charge in [-0.05, 0) is 31.0 Å². The molecular weight excluding hydrogens is 216 g/mol. The lowest BCUT2D eigenvalue weighted by molar-refractivity contribution is -0.134. The summed E-state index contributed by atoms with van der Waals surface area (Å²) in [5, 5.41) is 10.6. The number of benzene rings is 1. The van der Waals surface area contributed by atoms with Crippen molar-refractivity contribution in [3.05, 3.63) is 28.8 Å². The molecule has 1 aromatic carbocycles. The number of aliphatic hydroxyl groups is 1. The summed E-state index contributed by atoms with van der Waals surface area (Å²) in [4.78, 5) is 0. The van der Waals surface area contributed by atoms with Crippen molar-refractivity contribution < 1.29 is 14.6 Å². The van der Waals surface area contributed by atoms with Crippen LogP contribution in [0, 0.1) is 13.8 Å². The van der Waals surface area contributed by atoms with Gasteiger partial charge in [0, 0.05) is 25.5 Å². The van der Waals surface area contributed by atoms with Crippen molar-refractivity contribution >= 4 is 0 Å². The van der Waals surface area contributed by atoms with E-state index in [1.54, 1.807) is 14.2 Å². The second-order valence-electron chi connectivity index (χ2n) is 4.96. The minimum atomic E-state index is -0.788. The zero-order chi connectivity index (χ0) is 12.6. The SMILES string of the molecule is COc1cc(C)cc(C)c1C1(O)CC(OC)C1. The topological polar surface area (TPSA) is 38.7 Å². The molecule has 0 radical (unpaired) electrons. The first-order valence-electron chi connectivity index (χ1n) is 5.91. The molecule has 1 aromatic rings. The fraction of sp³-hybridized carbons (Fsp3) is 0.571. The van der Waals surface area contributed by atoms with E-state index < -0.39 is 5.60 Å². The molecule has 0 aliphatic heterocycles. The molecule has 1 aliphatic rings. The summed E-state index contributed by atoms with van der Waals surface area (Å²) in [7, 11) is 3.33. The fourth-order valence-electron chi connectivity index (χ4n) is 2.75. The Morgan fingerprint density at radius 1 is 1.24 bits per heavy atom. The van der Waals surface area contributed by atoms with E-state index in [0.717, 1.165) is 22.4 Å². The van der Waals surface area contributed by atoms with Gasteiger partial charge in [0.25, 0.3) is 0 Å². The standard InChI is InChI=1S/C14H20O3/c1-9-5-10(2)13(12(6-9)17-4)14(15)7-11(8-14)16-3/h5-6,11,15H,7-8H2,1-4H3. The highest BCUT2D eigenvalue weighted by Crippen LogP contribution is 2.47. The molecule has 1 aliphatic carbocycles. The maximum absolute atomic E-state index is 10.6. The molecule has 0 unspecified atom stereocenters. The largest absolute Gasteiger partial charge is 0.496 e. The third-order valence-electron chi connectivity index (χ3n) is 3.59. The summed E-state index contributed by atoms with van der Waals surface area (Å²) in [6.45, 7) is 4.05. The number of aryl methyl sites for hydroxylation is 2. The van der Waals surface area contributed by atoms with Crippen molar-refractivity contribution in [1.29, 1.82) is 0 Å². The van der Waals surface area contributed by atoms with Gasteiger partial charge in [-0.3, -0.25) is 0 Å². The molecule has 0 spiro atoms. The monoisotopic (exact) mass is 236 g/mol. The van der Waals surface area contributed by atoms with E-state index in [-0.39, 0.29) is 6.10 Å². The van der Waals surface area contributed by atoms with Crippen LogP contribution in [-0.4, -0.2) is 25.4 Å². The van der Waals surface area contributed by atoms with Crippen molar-refractivity contribution in [1.82, 2.24) is 0 Å². The molecule has 17 heavy (non-hydrogen) atoms. The second kappa shape index (κ2) is 4.31. The Kier molecular flexibility index (Phi) is 3.15. The Bertz CT molecular complexity index is 420. The Balaban J connectivity index is 2.39. The molecule has 1 saturated carbocycles. The molecule has 3 nitrogen and oxygen atoms in total. The Morgan fingerprint density at radius 2 is 1.88 bits per heavy atom. The van der Waals surface area contributed by atoms with Gasteiger partial charge in [-0.25, -0.2) is 0 Å². The van der Waals surface area contributed by atoms with E-state index in [2.05, 4.69) is 6.07 Å². The van der Waals surface area contributed by atoms with Crippen molar-refractivity contribution in [2.24, 2.45) is 0 Å². The van der Waals surface area contributed by atoms with Crippen molar-refractivity contribution in [2.45, 2.75) is 38.4 Å². The van der Waals surface area contributed by atoms with E-state index in [1.807, 2.05) is 19.9 Å². The van der Waals surface area contributed by atoms with Crippen LogP contribution in [0.15, 0.2) is 12.1 Å². The van der Waals surface area contributed by atoms with E-state index in [9.17, 15) is 5.11 Å². The molecule has 0 amide bonds. The Labute approximate surface area is 102 Å². The zero-order valence-electron chi connectivity index (χ0n) is 10.9. The van der Waals surface area contributed by atoms with E-state index >= 15 is 0 Å². The van der Waals surface area contributed by atoms with Gasteiger partial charge in [0.05, 0.1) is 18.8 Å². The van der Waals surface area contributed by atoms with Gasteiger partial charge < -0.3 is 14.6 Å². The van der Waals surface area contributed by atoms with Crippen LogP contribution in [0.5, 0.6) is 5.75 Å². The molecule has 0 heterocycles. The maximum Gasteiger partial charge on any atom is 0.125 e. The highest BCUT2D eigenvalue weighted by Gasteiger charge is 2.46.